The average molecular weight is 572 g/mol. The van der Waals surface area contributed by atoms with Crippen LogP contribution in [0.1, 0.15) is 25.3 Å². The van der Waals surface area contributed by atoms with Crippen molar-refractivity contribution in [2.45, 2.75) is 32.4 Å². The van der Waals surface area contributed by atoms with Crippen LogP contribution in [-0.2, 0) is 11.3 Å². The van der Waals surface area contributed by atoms with Gasteiger partial charge in [-0.25, -0.2) is 4.99 Å². The number of benzene rings is 1. The molecule has 0 atom stereocenters. The lowest BCUT2D eigenvalue weighted by molar-refractivity contribution is -0.130. The molecular formula is C23H34IN5O2S. The Kier molecular flexibility index (Phi) is 11.1. The number of piperidine rings is 1. The molecule has 9 heteroatoms. The van der Waals surface area contributed by atoms with Gasteiger partial charge in [-0.3, -0.25) is 4.79 Å². The Hall–Kier alpha value is -2.01. The molecule has 3 rings (SSSR count). The zero-order valence-electron chi connectivity index (χ0n) is 19.0. The Morgan fingerprint density at radius 3 is 2.69 bits per heavy atom. The summed E-state index contributed by atoms with van der Waals surface area (Å²) in [6, 6.07) is 12.5. The average Bonchev–Trinajstić information content (AvgIpc) is 3.32. The second kappa shape index (κ2) is 13.5. The predicted octanol–water partition coefficient (Wildman–Crippen LogP) is 3.56. The van der Waals surface area contributed by atoms with E-state index in [1.165, 1.54) is 9.90 Å². The molecule has 0 unspecified atom stereocenters. The van der Waals surface area contributed by atoms with Crippen molar-refractivity contribution in [2.75, 3.05) is 45.2 Å². The van der Waals surface area contributed by atoms with Crippen LogP contribution >= 0.6 is 35.3 Å². The third-order valence-corrected chi connectivity index (χ3v) is 6.11. The van der Waals surface area contributed by atoms with Gasteiger partial charge in [-0.1, -0.05) is 12.1 Å². The van der Waals surface area contributed by atoms with Crippen LogP contribution in [0.25, 0.3) is 0 Å². The summed E-state index contributed by atoms with van der Waals surface area (Å²) >= 11 is 1.80. The van der Waals surface area contributed by atoms with Crippen LogP contribution in [0.5, 0.6) is 5.75 Å². The third kappa shape index (κ3) is 8.16. The summed E-state index contributed by atoms with van der Waals surface area (Å²) in [6.45, 7) is 5.59. The number of thiophene rings is 1. The highest BCUT2D eigenvalue weighted by molar-refractivity contribution is 14.0. The number of carbonyl (C=O) groups excluding carboxylic acids is 1. The number of anilines is 1. The summed E-state index contributed by atoms with van der Waals surface area (Å²) in [6.07, 6.45) is 2.18. The number of guanidine groups is 1. The Balaban J connectivity index is 0.00000363. The molecule has 1 aliphatic heterocycles. The van der Waals surface area contributed by atoms with E-state index < -0.39 is 0 Å². The lowest BCUT2D eigenvalue weighted by Crippen LogP contribution is -2.48. The summed E-state index contributed by atoms with van der Waals surface area (Å²) in [4.78, 5) is 20.5. The fourth-order valence-electron chi connectivity index (χ4n) is 3.39. The van der Waals surface area contributed by atoms with Crippen LogP contribution in [0.4, 0.5) is 5.00 Å². The van der Waals surface area contributed by atoms with E-state index >= 15 is 0 Å². The van der Waals surface area contributed by atoms with E-state index in [2.05, 4.69) is 40.0 Å². The van der Waals surface area contributed by atoms with Crippen molar-refractivity contribution in [3.8, 4) is 5.75 Å². The largest absolute Gasteiger partial charge is 0.484 e. The molecule has 0 aliphatic carbocycles. The van der Waals surface area contributed by atoms with Crippen LogP contribution < -0.4 is 20.3 Å². The Labute approximate surface area is 212 Å². The number of amides is 1. The van der Waals surface area contributed by atoms with Gasteiger partial charge < -0.3 is 25.2 Å². The molecule has 1 saturated heterocycles. The summed E-state index contributed by atoms with van der Waals surface area (Å²) in [7, 11) is 3.44. The van der Waals surface area contributed by atoms with Gasteiger partial charge in [0, 0.05) is 39.8 Å². The second-order valence-corrected chi connectivity index (χ2v) is 8.70. The van der Waals surface area contributed by atoms with Gasteiger partial charge in [0.25, 0.3) is 5.91 Å². The minimum atomic E-state index is -0.0628. The minimum absolute atomic E-state index is 0. The van der Waals surface area contributed by atoms with Crippen LogP contribution in [0.2, 0.25) is 0 Å². The van der Waals surface area contributed by atoms with E-state index in [4.69, 9.17) is 9.73 Å². The highest BCUT2D eigenvalue weighted by Crippen LogP contribution is 2.24. The predicted molar refractivity (Wildman–Crippen MR) is 144 cm³/mol. The van der Waals surface area contributed by atoms with Crippen LogP contribution in [-0.4, -0.2) is 63.1 Å². The number of ether oxygens (including phenoxy) is 1. The number of nitrogens with one attached hydrogen (secondary N) is 2. The Morgan fingerprint density at radius 2 is 2.03 bits per heavy atom. The highest BCUT2D eigenvalue weighted by atomic mass is 127. The van der Waals surface area contributed by atoms with Gasteiger partial charge in [0.2, 0.25) is 0 Å². The van der Waals surface area contributed by atoms with Gasteiger partial charge in [-0.05, 0) is 55.0 Å². The summed E-state index contributed by atoms with van der Waals surface area (Å²) < 4.78 is 5.61. The molecule has 0 radical (unpaired) electrons. The molecule has 2 heterocycles. The zero-order valence-corrected chi connectivity index (χ0v) is 22.2. The topological polar surface area (TPSA) is 69.2 Å². The number of rotatable bonds is 8. The Bertz CT molecular complexity index is 852. The SMILES string of the molecule is CCNC(=NCc1cccc(OCC(=O)N(C)C)c1)NC1CCN(c2cccs2)CC1.I. The van der Waals surface area contributed by atoms with Crippen LogP contribution in [0, 0.1) is 0 Å². The number of hydrogen-bond acceptors (Lipinski definition) is 5. The quantitative estimate of drug-likeness (QED) is 0.288. The maximum atomic E-state index is 11.7. The fraction of sp³-hybridized carbons (Fsp3) is 0.478. The van der Waals surface area contributed by atoms with Crippen molar-refractivity contribution < 1.29 is 9.53 Å². The van der Waals surface area contributed by atoms with Gasteiger partial charge in [-0.15, -0.1) is 35.3 Å². The van der Waals surface area contributed by atoms with E-state index in [1.807, 2.05) is 24.3 Å². The van der Waals surface area contributed by atoms with E-state index in [0.29, 0.717) is 18.3 Å². The molecule has 1 fully saturated rings. The van der Waals surface area contributed by atoms with Gasteiger partial charge >= 0.3 is 0 Å². The number of hydrogen-bond donors (Lipinski definition) is 2. The fourth-order valence-corrected chi connectivity index (χ4v) is 4.17. The molecule has 0 saturated carbocycles. The number of likely N-dealkylation sites (N-methyl/N-ethyl adjacent to an activating group) is 1. The highest BCUT2D eigenvalue weighted by Gasteiger charge is 2.20. The first-order chi connectivity index (χ1) is 15.0. The van der Waals surface area contributed by atoms with Crippen molar-refractivity contribution in [2.24, 2.45) is 4.99 Å². The summed E-state index contributed by atoms with van der Waals surface area (Å²) in [5, 5.41) is 10.4. The van der Waals surface area contributed by atoms with E-state index in [9.17, 15) is 4.79 Å². The first-order valence-electron chi connectivity index (χ1n) is 10.8. The van der Waals surface area contributed by atoms with E-state index in [0.717, 1.165) is 44.0 Å². The lowest BCUT2D eigenvalue weighted by atomic mass is 10.1. The molecule has 1 aromatic carbocycles. The second-order valence-electron chi connectivity index (χ2n) is 7.78. The zero-order chi connectivity index (χ0) is 22.1. The van der Waals surface area contributed by atoms with Crippen molar-refractivity contribution in [1.29, 1.82) is 0 Å². The molecular weight excluding hydrogens is 537 g/mol. The summed E-state index contributed by atoms with van der Waals surface area (Å²) in [5.41, 5.74) is 1.04. The molecule has 176 valence electrons. The standard InChI is InChI=1S/C23H33N5O2S.HI/c1-4-24-23(26-19-10-12-28(13-11-19)22-9-6-14-31-22)25-16-18-7-5-8-20(15-18)30-17-21(29)27(2)3;/h5-9,14-15,19H,4,10-13,16-17H2,1-3H3,(H2,24,25,26);1H. The third-order valence-electron chi connectivity index (χ3n) is 5.18. The molecule has 7 nitrogen and oxygen atoms in total. The molecule has 1 aromatic heterocycles. The maximum Gasteiger partial charge on any atom is 0.259 e. The number of nitrogens with zero attached hydrogens (tertiary/aromatic N) is 3. The van der Waals surface area contributed by atoms with Crippen molar-refractivity contribution in [3.63, 3.8) is 0 Å². The smallest absolute Gasteiger partial charge is 0.259 e. The first-order valence-corrected chi connectivity index (χ1v) is 11.7. The number of halogens is 1. The maximum absolute atomic E-state index is 11.7. The molecule has 0 bridgehead atoms. The van der Waals surface area contributed by atoms with Gasteiger partial charge in [0.05, 0.1) is 11.5 Å². The van der Waals surface area contributed by atoms with Gasteiger partial charge in [-0.2, -0.15) is 0 Å². The lowest BCUT2D eigenvalue weighted by Gasteiger charge is -2.33. The normalized spacial score (nSPS) is 14.5. The molecule has 1 amide bonds. The minimum Gasteiger partial charge on any atom is -0.484 e. The molecule has 1 aliphatic rings. The van der Waals surface area contributed by atoms with Gasteiger partial charge in [0.15, 0.2) is 12.6 Å². The van der Waals surface area contributed by atoms with Crippen molar-refractivity contribution in [1.82, 2.24) is 15.5 Å². The molecule has 32 heavy (non-hydrogen) atoms. The number of aliphatic imine (C=N–C) groups is 1. The van der Waals surface area contributed by atoms with Crippen LogP contribution in [0.15, 0.2) is 46.8 Å². The van der Waals surface area contributed by atoms with Crippen molar-refractivity contribution in [3.05, 3.63) is 47.3 Å². The van der Waals surface area contributed by atoms with Gasteiger partial charge in [0.1, 0.15) is 5.75 Å². The van der Waals surface area contributed by atoms with E-state index in [-0.39, 0.29) is 36.5 Å². The van der Waals surface area contributed by atoms with E-state index in [1.54, 1.807) is 25.4 Å². The first kappa shape index (κ1) is 26.2. The molecule has 0 spiro atoms. The monoisotopic (exact) mass is 571 g/mol. The summed E-state index contributed by atoms with van der Waals surface area (Å²) in [5.74, 6) is 1.46. The molecule has 2 aromatic rings. The van der Waals surface area contributed by atoms with Crippen LogP contribution in [0.3, 0.4) is 0 Å². The number of carbonyl (C=O) groups is 1. The molecule has 2 N–H and O–H groups in total. The Morgan fingerprint density at radius 1 is 1.25 bits per heavy atom. The van der Waals surface area contributed by atoms with Crippen molar-refractivity contribution >= 4 is 52.2 Å².